The fourth-order valence-electron chi connectivity index (χ4n) is 1.89. The van der Waals surface area contributed by atoms with E-state index in [-0.39, 0.29) is 6.61 Å². The van der Waals surface area contributed by atoms with Crippen molar-refractivity contribution in [3.05, 3.63) is 22.3 Å². The standard InChI is InChI=1S/C11H15BrN2OS/c1-8-6-14(2-3-16-8)11-9(7-15)4-10(12)5-13-11/h4-5,8,15H,2-3,6-7H2,1H3. The summed E-state index contributed by atoms with van der Waals surface area (Å²) in [5.41, 5.74) is 0.897. The van der Waals surface area contributed by atoms with Crippen molar-refractivity contribution in [1.82, 2.24) is 4.98 Å². The molecule has 0 bridgehead atoms. The Morgan fingerprint density at radius 2 is 2.50 bits per heavy atom. The molecule has 1 aromatic rings. The van der Waals surface area contributed by atoms with Gasteiger partial charge in [0.25, 0.3) is 0 Å². The number of hydrogen-bond donors (Lipinski definition) is 1. The second-order valence-corrected chi connectivity index (χ2v) is 6.38. The summed E-state index contributed by atoms with van der Waals surface area (Å²) in [4.78, 5) is 6.68. The first-order valence-corrected chi connectivity index (χ1v) is 7.16. The van der Waals surface area contributed by atoms with Gasteiger partial charge in [-0.25, -0.2) is 4.98 Å². The van der Waals surface area contributed by atoms with Gasteiger partial charge in [0.05, 0.1) is 6.61 Å². The molecule has 0 aromatic carbocycles. The highest BCUT2D eigenvalue weighted by Crippen LogP contribution is 2.26. The molecular formula is C11H15BrN2OS. The largest absolute Gasteiger partial charge is 0.392 e. The fourth-order valence-corrected chi connectivity index (χ4v) is 3.28. The maximum atomic E-state index is 9.35. The summed E-state index contributed by atoms with van der Waals surface area (Å²) in [5, 5.41) is 9.98. The highest BCUT2D eigenvalue weighted by atomic mass is 79.9. The average molecular weight is 303 g/mol. The van der Waals surface area contributed by atoms with Crippen LogP contribution in [0.15, 0.2) is 16.7 Å². The van der Waals surface area contributed by atoms with E-state index in [0.717, 1.165) is 34.7 Å². The normalized spacial score (nSPS) is 21.2. The molecule has 1 saturated heterocycles. The molecule has 1 aliphatic rings. The number of aromatic nitrogens is 1. The highest BCUT2D eigenvalue weighted by Gasteiger charge is 2.20. The molecule has 0 spiro atoms. The SMILES string of the molecule is CC1CN(c2ncc(Br)cc2CO)CCS1. The van der Waals surface area contributed by atoms with Gasteiger partial charge in [-0.05, 0) is 22.0 Å². The van der Waals surface area contributed by atoms with Gasteiger partial charge in [-0.1, -0.05) is 6.92 Å². The van der Waals surface area contributed by atoms with E-state index in [1.54, 1.807) is 6.20 Å². The molecule has 0 aliphatic carbocycles. The number of hydrogen-bond acceptors (Lipinski definition) is 4. The van der Waals surface area contributed by atoms with Gasteiger partial charge < -0.3 is 10.0 Å². The molecule has 2 heterocycles. The zero-order valence-corrected chi connectivity index (χ0v) is 11.6. The molecule has 2 rings (SSSR count). The molecular weight excluding hydrogens is 288 g/mol. The second-order valence-electron chi connectivity index (χ2n) is 3.92. The van der Waals surface area contributed by atoms with Gasteiger partial charge in [-0.15, -0.1) is 0 Å². The molecule has 0 amide bonds. The Morgan fingerprint density at radius 1 is 1.69 bits per heavy atom. The summed E-state index contributed by atoms with van der Waals surface area (Å²) in [5.74, 6) is 2.06. The number of aliphatic hydroxyl groups excluding tert-OH is 1. The van der Waals surface area contributed by atoms with Crippen molar-refractivity contribution in [2.45, 2.75) is 18.8 Å². The van der Waals surface area contributed by atoms with Crippen molar-refractivity contribution in [3.8, 4) is 0 Å². The van der Waals surface area contributed by atoms with E-state index in [1.807, 2.05) is 17.8 Å². The van der Waals surface area contributed by atoms with E-state index in [2.05, 4.69) is 32.7 Å². The number of anilines is 1. The lowest BCUT2D eigenvalue weighted by atomic mass is 10.2. The zero-order valence-electron chi connectivity index (χ0n) is 9.19. The maximum Gasteiger partial charge on any atom is 0.134 e. The van der Waals surface area contributed by atoms with Gasteiger partial charge in [0, 0.05) is 40.3 Å². The summed E-state index contributed by atoms with van der Waals surface area (Å²) in [6.45, 7) is 4.29. The molecule has 1 aliphatic heterocycles. The summed E-state index contributed by atoms with van der Waals surface area (Å²) in [6, 6.07) is 1.94. The van der Waals surface area contributed by atoms with E-state index < -0.39 is 0 Å². The molecule has 1 atom stereocenters. The van der Waals surface area contributed by atoms with Crippen LogP contribution in [0.25, 0.3) is 0 Å². The minimum Gasteiger partial charge on any atom is -0.392 e. The topological polar surface area (TPSA) is 36.4 Å². The van der Waals surface area contributed by atoms with Crippen LogP contribution in [0, 0.1) is 0 Å². The summed E-state index contributed by atoms with van der Waals surface area (Å²) >= 11 is 5.37. The monoisotopic (exact) mass is 302 g/mol. The zero-order chi connectivity index (χ0) is 11.5. The molecule has 1 fully saturated rings. The summed E-state index contributed by atoms with van der Waals surface area (Å²) < 4.78 is 0.916. The van der Waals surface area contributed by atoms with E-state index in [0.29, 0.717) is 5.25 Å². The number of halogens is 1. The minimum absolute atomic E-state index is 0.0415. The molecule has 1 N–H and O–H groups in total. The van der Waals surface area contributed by atoms with Crippen LogP contribution in [0.2, 0.25) is 0 Å². The number of rotatable bonds is 2. The Balaban J connectivity index is 2.24. The van der Waals surface area contributed by atoms with Crippen LogP contribution in [0.1, 0.15) is 12.5 Å². The first-order valence-electron chi connectivity index (χ1n) is 5.32. The molecule has 1 unspecified atom stereocenters. The number of thioether (sulfide) groups is 1. The Labute approximate surface area is 108 Å². The lowest BCUT2D eigenvalue weighted by molar-refractivity contribution is 0.281. The Bertz CT molecular complexity index is 375. The Kier molecular flexibility index (Phi) is 4.10. The summed E-state index contributed by atoms with van der Waals surface area (Å²) in [7, 11) is 0. The summed E-state index contributed by atoms with van der Waals surface area (Å²) in [6.07, 6.45) is 1.79. The van der Waals surface area contributed by atoms with Gasteiger partial charge in [0.1, 0.15) is 5.82 Å². The van der Waals surface area contributed by atoms with Crippen LogP contribution in [0.3, 0.4) is 0 Å². The number of aliphatic hydroxyl groups is 1. The van der Waals surface area contributed by atoms with Crippen LogP contribution < -0.4 is 4.90 Å². The van der Waals surface area contributed by atoms with Crippen molar-refractivity contribution < 1.29 is 5.11 Å². The third-order valence-electron chi connectivity index (χ3n) is 2.62. The van der Waals surface area contributed by atoms with Crippen LogP contribution in [-0.2, 0) is 6.61 Å². The van der Waals surface area contributed by atoms with Crippen molar-refractivity contribution >= 4 is 33.5 Å². The van der Waals surface area contributed by atoms with Gasteiger partial charge in [-0.3, -0.25) is 0 Å². The van der Waals surface area contributed by atoms with Gasteiger partial charge in [0.15, 0.2) is 0 Å². The Morgan fingerprint density at radius 3 is 3.19 bits per heavy atom. The quantitative estimate of drug-likeness (QED) is 0.909. The number of pyridine rings is 1. The van der Waals surface area contributed by atoms with E-state index in [4.69, 9.17) is 0 Å². The highest BCUT2D eigenvalue weighted by molar-refractivity contribution is 9.10. The van der Waals surface area contributed by atoms with Crippen molar-refractivity contribution in [2.75, 3.05) is 23.7 Å². The predicted molar refractivity (Wildman–Crippen MR) is 72.0 cm³/mol. The van der Waals surface area contributed by atoms with Crippen LogP contribution in [0.4, 0.5) is 5.82 Å². The van der Waals surface area contributed by atoms with Gasteiger partial charge >= 0.3 is 0 Å². The smallest absolute Gasteiger partial charge is 0.134 e. The van der Waals surface area contributed by atoms with Crippen LogP contribution in [0.5, 0.6) is 0 Å². The maximum absolute atomic E-state index is 9.35. The second kappa shape index (κ2) is 5.38. The fraction of sp³-hybridized carbons (Fsp3) is 0.545. The van der Waals surface area contributed by atoms with E-state index >= 15 is 0 Å². The lowest BCUT2D eigenvalue weighted by Gasteiger charge is -2.32. The first-order chi connectivity index (χ1) is 7.70. The van der Waals surface area contributed by atoms with Crippen molar-refractivity contribution in [2.24, 2.45) is 0 Å². The molecule has 0 saturated carbocycles. The third kappa shape index (κ3) is 2.70. The van der Waals surface area contributed by atoms with Crippen molar-refractivity contribution in [1.29, 1.82) is 0 Å². The lowest BCUT2D eigenvalue weighted by Crippen LogP contribution is -2.37. The number of nitrogens with zero attached hydrogens (tertiary/aromatic N) is 2. The molecule has 1 aromatic heterocycles. The molecule has 3 nitrogen and oxygen atoms in total. The molecule has 16 heavy (non-hydrogen) atoms. The first kappa shape index (κ1) is 12.2. The third-order valence-corrected chi connectivity index (χ3v) is 4.19. The average Bonchev–Trinajstić information content (AvgIpc) is 2.28. The minimum atomic E-state index is 0.0415. The van der Waals surface area contributed by atoms with E-state index in [9.17, 15) is 5.11 Å². The Hall–Kier alpha value is -0.260. The van der Waals surface area contributed by atoms with E-state index in [1.165, 1.54) is 0 Å². The van der Waals surface area contributed by atoms with Crippen molar-refractivity contribution in [3.63, 3.8) is 0 Å². The van der Waals surface area contributed by atoms with Crippen LogP contribution >= 0.6 is 27.7 Å². The predicted octanol–water partition coefficient (Wildman–Crippen LogP) is 2.28. The van der Waals surface area contributed by atoms with Gasteiger partial charge in [-0.2, -0.15) is 11.8 Å². The molecule has 5 heteroatoms. The molecule has 88 valence electrons. The van der Waals surface area contributed by atoms with Gasteiger partial charge in [0.2, 0.25) is 0 Å². The van der Waals surface area contributed by atoms with Crippen LogP contribution in [-0.4, -0.2) is 34.2 Å². The molecule has 0 radical (unpaired) electrons.